The Kier molecular flexibility index (Phi) is 3.72. The molecule has 1 heterocycles. The van der Waals surface area contributed by atoms with E-state index in [0.717, 1.165) is 5.39 Å². The number of fused-ring (bicyclic) bond motifs is 1. The number of carbonyl (C=O) groups excluding carboxylic acids is 1. The first kappa shape index (κ1) is 14.4. The summed E-state index contributed by atoms with van der Waals surface area (Å²) in [4.78, 5) is 16.6. The number of aromatic nitrogens is 1. The maximum absolute atomic E-state index is 13.2. The minimum atomic E-state index is -0.485. The minimum absolute atomic E-state index is 0.225. The van der Waals surface area contributed by atoms with E-state index in [1.54, 1.807) is 19.1 Å². The molecule has 4 nitrogen and oxygen atoms in total. The highest BCUT2D eigenvalue weighted by molar-refractivity contribution is 5.99. The molecule has 0 saturated carbocycles. The fourth-order valence-corrected chi connectivity index (χ4v) is 1.89. The lowest BCUT2D eigenvalue weighted by molar-refractivity contribution is 0.0915. The van der Waals surface area contributed by atoms with Crippen LogP contribution in [0.1, 0.15) is 29.9 Å². The van der Waals surface area contributed by atoms with Gasteiger partial charge in [0.05, 0.1) is 16.8 Å². The molecule has 0 aliphatic rings. The van der Waals surface area contributed by atoms with Gasteiger partial charge in [-0.1, -0.05) is 0 Å². The number of pyridine rings is 1. The maximum Gasteiger partial charge on any atom is 0.253 e. The average Bonchev–Trinajstić information content (AvgIpc) is 2.37. The van der Waals surface area contributed by atoms with Crippen molar-refractivity contribution in [3.05, 3.63) is 41.3 Å². The molecular formula is C15H18FN3O. The van der Waals surface area contributed by atoms with Gasteiger partial charge in [-0.15, -0.1) is 0 Å². The Hall–Kier alpha value is -2.01. The lowest BCUT2D eigenvalue weighted by atomic mass is 10.0. The lowest BCUT2D eigenvalue weighted by Crippen LogP contribution is -2.49. The summed E-state index contributed by atoms with van der Waals surface area (Å²) < 4.78 is 13.2. The van der Waals surface area contributed by atoms with E-state index in [2.05, 4.69) is 10.3 Å². The predicted molar refractivity (Wildman–Crippen MR) is 77.0 cm³/mol. The van der Waals surface area contributed by atoms with Gasteiger partial charge in [-0.05, 0) is 39.0 Å². The van der Waals surface area contributed by atoms with Crippen molar-refractivity contribution in [2.45, 2.75) is 26.3 Å². The van der Waals surface area contributed by atoms with E-state index in [0.29, 0.717) is 23.3 Å². The Morgan fingerprint density at radius 1 is 1.40 bits per heavy atom. The summed E-state index contributed by atoms with van der Waals surface area (Å²) >= 11 is 0. The molecule has 0 radical (unpaired) electrons. The quantitative estimate of drug-likeness (QED) is 0.902. The molecule has 0 bridgehead atoms. The van der Waals surface area contributed by atoms with Gasteiger partial charge in [-0.3, -0.25) is 9.78 Å². The normalized spacial score (nSPS) is 11.7. The van der Waals surface area contributed by atoms with Crippen LogP contribution >= 0.6 is 0 Å². The number of nitrogens with two attached hydrogens (primary N) is 1. The third-order valence-corrected chi connectivity index (χ3v) is 3.18. The second-order valence-electron chi connectivity index (χ2n) is 5.50. The van der Waals surface area contributed by atoms with Crippen LogP contribution in [-0.2, 0) is 0 Å². The number of carbonyl (C=O) groups is 1. The van der Waals surface area contributed by atoms with Crippen LogP contribution in [0.2, 0.25) is 0 Å². The second-order valence-corrected chi connectivity index (χ2v) is 5.50. The Morgan fingerprint density at radius 3 is 2.75 bits per heavy atom. The Balaban J connectivity index is 2.42. The summed E-state index contributed by atoms with van der Waals surface area (Å²) in [5, 5.41) is 3.59. The SMILES string of the molecule is Cc1nc2cc(F)ccc2cc1C(=O)NC(C)(C)CN. The summed E-state index contributed by atoms with van der Waals surface area (Å²) in [5.41, 5.74) is 6.70. The zero-order chi connectivity index (χ0) is 14.9. The Morgan fingerprint density at radius 2 is 2.10 bits per heavy atom. The summed E-state index contributed by atoms with van der Waals surface area (Å²) in [6.45, 7) is 5.77. The smallest absolute Gasteiger partial charge is 0.253 e. The molecule has 106 valence electrons. The van der Waals surface area contributed by atoms with Crippen LogP contribution in [0.5, 0.6) is 0 Å². The van der Waals surface area contributed by atoms with E-state index in [1.807, 2.05) is 13.8 Å². The number of hydrogen-bond donors (Lipinski definition) is 2. The first-order valence-corrected chi connectivity index (χ1v) is 6.42. The standard InChI is InChI=1S/C15H18FN3O/c1-9-12(14(20)19-15(2,3)8-17)6-10-4-5-11(16)7-13(10)18-9/h4-7H,8,17H2,1-3H3,(H,19,20). The van der Waals surface area contributed by atoms with Crippen LogP contribution in [0.3, 0.4) is 0 Å². The van der Waals surface area contributed by atoms with E-state index in [4.69, 9.17) is 5.73 Å². The van der Waals surface area contributed by atoms with E-state index < -0.39 is 5.54 Å². The van der Waals surface area contributed by atoms with Crippen LogP contribution in [0.15, 0.2) is 24.3 Å². The lowest BCUT2D eigenvalue weighted by Gasteiger charge is -2.24. The van der Waals surface area contributed by atoms with Gasteiger partial charge in [0.2, 0.25) is 0 Å². The van der Waals surface area contributed by atoms with E-state index >= 15 is 0 Å². The maximum atomic E-state index is 13.2. The monoisotopic (exact) mass is 275 g/mol. The third-order valence-electron chi connectivity index (χ3n) is 3.18. The van der Waals surface area contributed by atoms with E-state index in [9.17, 15) is 9.18 Å². The van der Waals surface area contributed by atoms with Crippen molar-refractivity contribution in [3.63, 3.8) is 0 Å². The Bertz CT molecular complexity index is 667. The molecule has 0 aliphatic heterocycles. The van der Waals surface area contributed by atoms with Crippen molar-refractivity contribution in [1.82, 2.24) is 10.3 Å². The first-order valence-electron chi connectivity index (χ1n) is 6.42. The zero-order valence-corrected chi connectivity index (χ0v) is 11.8. The molecule has 1 aromatic heterocycles. The third kappa shape index (κ3) is 2.93. The van der Waals surface area contributed by atoms with Crippen LogP contribution in [-0.4, -0.2) is 23.0 Å². The number of halogens is 1. The molecule has 2 rings (SSSR count). The highest BCUT2D eigenvalue weighted by Gasteiger charge is 2.21. The van der Waals surface area contributed by atoms with Crippen molar-refractivity contribution in [3.8, 4) is 0 Å². The van der Waals surface area contributed by atoms with Crippen LogP contribution in [0.25, 0.3) is 10.9 Å². The molecule has 2 aromatic rings. The van der Waals surface area contributed by atoms with Gasteiger partial charge in [0.25, 0.3) is 5.91 Å². The number of aryl methyl sites for hydroxylation is 1. The Labute approximate surface area is 117 Å². The molecular weight excluding hydrogens is 257 g/mol. The van der Waals surface area contributed by atoms with Crippen LogP contribution in [0, 0.1) is 12.7 Å². The summed E-state index contributed by atoms with van der Waals surface area (Å²) in [5.74, 6) is -0.567. The van der Waals surface area contributed by atoms with Gasteiger partial charge in [-0.2, -0.15) is 0 Å². The van der Waals surface area contributed by atoms with Crippen LogP contribution in [0.4, 0.5) is 4.39 Å². The second kappa shape index (κ2) is 5.17. The first-order chi connectivity index (χ1) is 9.32. The summed E-state index contributed by atoms with van der Waals surface area (Å²) in [6.07, 6.45) is 0. The number of benzene rings is 1. The highest BCUT2D eigenvalue weighted by atomic mass is 19.1. The van der Waals surface area contributed by atoms with Crippen molar-refractivity contribution >= 4 is 16.8 Å². The number of amides is 1. The van der Waals surface area contributed by atoms with Gasteiger partial charge in [0, 0.05) is 23.5 Å². The number of nitrogens with one attached hydrogen (secondary N) is 1. The summed E-state index contributed by atoms with van der Waals surface area (Å²) in [6, 6.07) is 6.04. The van der Waals surface area contributed by atoms with Gasteiger partial charge in [0.1, 0.15) is 5.82 Å². The number of nitrogens with zero attached hydrogens (tertiary/aromatic N) is 1. The fraction of sp³-hybridized carbons (Fsp3) is 0.333. The van der Waals surface area contributed by atoms with Gasteiger partial charge >= 0.3 is 0 Å². The van der Waals surface area contributed by atoms with Gasteiger partial charge < -0.3 is 11.1 Å². The zero-order valence-electron chi connectivity index (χ0n) is 11.8. The van der Waals surface area contributed by atoms with E-state index in [-0.39, 0.29) is 11.7 Å². The van der Waals surface area contributed by atoms with Crippen LogP contribution < -0.4 is 11.1 Å². The van der Waals surface area contributed by atoms with Crippen molar-refractivity contribution in [2.24, 2.45) is 5.73 Å². The van der Waals surface area contributed by atoms with Gasteiger partial charge in [0.15, 0.2) is 0 Å². The molecule has 0 fully saturated rings. The molecule has 0 saturated heterocycles. The molecule has 20 heavy (non-hydrogen) atoms. The fourth-order valence-electron chi connectivity index (χ4n) is 1.89. The molecule has 0 atom stereocenters. The van der Waals surface area contributed by atoms with Crippen molar-refractivity contribution in [2.75, 3.05) is 6.54 Å². The molecule has 3 N–H and O–H groups in total. The summed E-state index contributed by atoms with van der Waals surface area (Å²) in [7, 11) is 0. The molecule has 5 heteroatoms. The molecule has 0 unspecified atom stereocenters. The molecule has 0 aliphatic carbocycles. The molecule has 1 aromatic carbocycles. The number of hydrogen-bond acceptors (Lipinski definition) is 3. The highest BCUT2D eigenvalue weighted by Crippen LogP contribution is 2.18. The van der Waals surface area contributed by atoms with E-state index in [1.165, 1.54) is 12.1 Å². The number of rotatable bonds is 3. The average molecular weight is 275 g/mol. The minimum Gasteiger partial charge on any atom is -0.346 e. The van der Waals surface area contributed by atoms with Crippen molar-refractivity contribution in [1.29, 1.82) is 0 Å². The topological polar surface area (TPSA) is 68.0 Å². The van der Waals surface area contributed by atoms with Gasteiger partial charge in [-0.25, -0.2) is 4.39 Å². The van der Waals surface area contributed by atoms with Crippen molar-refractivity contribution < 1.29 is 9.18 Å². The predicted octanol–water partition coefficient (Wildman–Crippen LogP) is 2.15. The molecule has 1 amide bonds. The molecule has 0 spiro atoms. The largest absolute Gasteiger partial charge is 0.346 e.